The first-order valence-electron chi connectivity index (χ1n) is 7.58. The van der Waals surface area contributed by atoms with Gasteiger partial charge in [0.1, 0.15) is 6.61 Å². The lowest BCUT2D eigenvalue weighted by Crippen LogP contribution is -2.37. The van der Waals surface area contributed by atoms with E-state index >= 15 is 0 Å². The first-order chi connectivity index (χ1) is 11.7. The third-order valence-corrected chi connectivity index (χ3v) is 4.29. The molecule has 1 aliphatic rings. The van der Waals surface area contributed by atoms with Crippen molar-refractivity contribution >= 4 is 17.7 Å². The van der Waals surface area contributed by atoms with Gasteiger partial charge in [0.2, 0.25) is 11.8 Å². The normalized spacial score (nSPS) is 16.2. The molecule has 0 fully saturated rings. The molecule has 1 N–H and O–H groups in total. The summed E-state index contributed by atoms with van der Waals surface area (Å²) < 4.78 is 16.1. The van der Waals surface area contributed by atoms with E-state index in [1.165, 1.54) is 0 Å². The van der Waals surface area contributed by atoms with Crippen LogP contribution in [0.3, 0.4) is 0 Å². The van der Waals surface area contributed by atoms with Gasteiger partial charge in [0, 0.05) is 0 Å². The van der Waals surface area contributed by atoms with E-state index in [1.807, 2.05) is 24.5 Å². The van der Waals surface area contributed by atoms with E-state index in [4.69, 9.17) is 14.0 Å². The zero-order valence-electron chi connectivity index (χ0n) is 13.6. The van der Waals surface area contributed by atoms with Gasteiger partial charge in [-0.3, -0.25) is 4.79 Å². The minimum Gasteiger partial charge on any atom is -0.493 e. The Balaban J connectivity index is 1.57. The number of fused-ring (bicyclic) bond motifs is 1. The number of amides is 1. The first kappa shape index (κ1) is 16.6. The number of carbonyl (C=O) groups excluding carboxylic acids is 1. The Morgan fingerprint density at radius 1 is 1.50 bits per heavy atom. The minimum atomic E-state index is -0.252. The molecule has 0 unspecified atom stereocenters. The molecule has 0 bridgehead atoms. The average Bonchev–Trinajstić information content (AvgIpc) is 3.06. The Bertz CT molecular complexity index is 719. The first-order valence-corrected chi connectivity index (χ1v) is 8.97. The minimum absolute atomic E-state index is 0.0897. The lowest BCUT2D eigenvalue weighted by atomic mass is 9.95. The van der Waals surface area contributed by atoms with Gasteiger partial charge in [-0.05, 0) is 24.3 Å². The van der Waals surface area contributed by atoms with E-state index in [-0.39, 0.29) is 18.4 Å². The topological polar surface area (TPSA) is 86.5 Å². The van der Waals surface area contributed by atoms with E-state index in [0.717, 1.165) is 11.3 Å². The van der Waals surface area contributed by atoms with Gasteiger partial charge in [-0.1, -0.05) is 17.3 Å². The Kier molecular flexibility index (Phi) is 5.24. The van der Waals surface area contributed by atoms with E-state index in [9.17, 15) is 4.79 Å². The van der Waals surface area contributed by atoms with Crippen LogP contribution in [0.5, 0.6) is 11.5 Å². The summed E-state index contributed by atoms with van der Waals surface area (Å²) in [7, 11) is 1.60. The van der Waals surface area contributed by atoms with Crippen LogP contribution in [-0.2, 0) is 23.5 Å². The Morgan fingerprint density at radius 2 is 2.38 bits per heavy atom. The van der Waals surface area contributed by atoms with Crippen molar-refractivity contribution in [1.82, 2.24) is 15.5 Å². The lowest BCUT2D eigenvalue weighted by molar-refractivity contribution is -0.126. The maximum Gasteiger partial charge on any atom is 0.246 e. The molecule has 8 heteroatoms. The zero-order valence-corrected chi connectivity index (χ0v) is 14.4. The molecule has 0 saturated carbocycles. The molecule has 1 amide bonds. The molecule has 24 heavy (non-hydrogen) atoms. The third kappa shape index (κ3) is 3.64. The van der Waals surface area contributed by atoms with E-state index in [2.05, 4.69) is 15.5 Å². The number of ether oxygens (including phenoxy) is 2. The van der Waals surface area contributed by atoms with Crippen molar-refractivity contribution in [2.45, 2.75) is 18.7 Å². The zero-order chi connectivity index (χ0) is 16.9. The molecule has 0 radical (unpaired) electrons. The second-order valence-electron chi connectivity index (χ2n) is 5.42. The van der Waals surface area contributed by atoms with E-state index < -0.39 is 0 Å². The highest BCUT2D eigenvalue weighted by Gasteiger charge is 2.28. The number of rotatable bonds is 6. The monoisotopic (exact) mass is 349 g/mol. The molecule has 1 aromatic heterocycles. The summed E-state index contributed by atoms with van der Waals surface area (Å²) in [5.74, 6) is 2.81. The average molecular weight is 349 g/mol. The highest BCUT2D eigenvalue weighted by Crippen LogP contribution is 2.36. The predicted octanol–water partition coefficient (Wildman–Crippen LogP) is 1.81. The van der Waals surface area contributed by atoms with Gasteiger partial charge in [0.25, 0.3) is 0 Å². The summed E-state index contributed by atoms with van der Waals surface area (Å²) in [6.07, 6.45) is 2.58. The van der Waals surface area contributed by atoms with E-state index in [0.29, 0.717) is 36.2 Å². The highest BCUT2D eigenvalue weighted by atomic mass is 32.2. The number of hydrogen-bond donors (Lipinski definition) is 1. The standard InChI is InChI=1S/C16H19N3O4S/c1-21-12-5-3-4-10-6-11(8-22-15(10)12)16(20)17-7-14-18-13(9-24-2)19-23-14/h3-5,11H,6-9H2,1-2H3,(H,17,20)/t11-/m0/s1. The second kappa shape index (κ2) is 7.57. The summed E-state index contributed by atoms with van der Waals surface area (Å²) in [5, 5.41) is 6.68. The van der Waals surface area contributed by atoms with Crippen LogP contribution < -0.4 is 14.8 Å². The van der Waals surface area contributed by atoms with Crippen molar-refractivity contribution in [2.75, 3.05) is 20.0 Å². The Hall–Kier alpha value is -2.22. The second-order valence-corrected chi connectivity index (χ2v) is 6.28. The van der Waals surface area contributed by atoms with Gasteiger partial charge in [0.15, 0.2) is 17.3 Å². The fourth-order valence-corrected chi connectivity index (χ4v) is 2.96. The van der Waals surface area contributed by atoms with Crippen molar-refractivity contribution in [3.05, 3.63) is 35.5 Å². The quantitative estimate of drug-likeness (QED) is 0.851. The van der Waals surface area contributed by atoms with Crippen molar-refractivity contribution in [3.63, 3.8) is 0 Å². The Morgan fingerprint density at radius 3 is 3.17 bits per heavy atom. The number of methoxy groups -OCH3 is 1. The van der Waals surface area contributed by atoms with Crippen LogP contribution in [0.25, 0.3) is 0 Å². The molecule has 0 spiro atoms. The van der Waals surface area contributed by atoms with Crippen LogP contribution in [0, 0.1) is 5.92 Å². The number of benzene rings is 1. The van der Waals surface area contributed by atoms with Crippen LogP contribution >= 0.6 is 11.8 Å². The SMILES string of the molecule is COc1cccc2c1OC[C@@H](C(=O)NCc1nc(CSC)no1)C2. The van der Waals surface area contributed by atoms with Gasteiger partial charge in [0.05, 0.1) is 25.3 Å². The molecule has 2 aromatic rings. The summed E-state index contributed by atoms with van der Waals surface area (Å²) in [6, 6.07) is 5.69. The van der Waals surface area contributed by atoms with Gasteiger partial charge >= 0.3 is 0 Å². The molecule has 1 atom stereocenters. The lowest BCUT2D eigenvalue weighted by Gasteiger charge is -2.25. The molecule has 1 aromatic carbocycles. The van der Waals surface area contributed by atoms with Gasteiger partial charge < -0.3 is 19.3 Å². The highest BCUT2D eigenvalue weighted by molar-refractivity contribution is 7.97. The molecule has 3 rings (SSSR count). The molecule has 7 nitrogen and oxygen atoms in total. The van der Waals surface area contributed by atoms with Crippen LogP contribution in [0.15, 0.2) is 22.7 Å². The summed E-state index contributed by atoms with van der Waals surface area (Å²) in [6.45, 7) is 0.544. The summed E-state index contributed by atoms with van der Waals surface area (Å²) in [4.78, 5) is 16.6. The molecule has 0 saturated heterocycles. The van der Waals surface area contributed by atoms with Crippen LogP contribution in [0.1, 0.15) is 17.3 Å². The van der Waals surface area contributed by atoms with Crippen molar-refractivity contribution in [2.24, 2.45) is 5.92 Å². The maximum absolute atomic E-state index is 12.4. The number of hydrogen-bond acceptors (Lipinski definition) is 7. The maximum atomic E-state index is 12.4. The molecular formula is C16H19N3O4S. The fourth-order valence-electron chi connectivity index (χ4n) is 2.58. The van der Waals surface area contributed by atoms with Crippen LogP contribution in [0.2, 0.25) is 0 Å². The molecule has 0 aliphatic carbocycles. The Labute approximate surface area is 144 Å². The number of para-hydroxylation sites is 1. The van der Waals surface area contributed by atoms with Crippen LogP contribution in [-0.4, -0.2) is 36.0 Å². The van der Waals surface area contributed by atoms with Crippen molar-refractivity contribution < 1.29 is 18.8 Å². The van der Waals surface area contributed by atoms with Crippen LogP contribution in [0.4, 0.5) is 0 Å². The van der Waals surface area contributed by atoms with E-state index in [1.54, 1.807) is 18.9 Å². The largest absolute Gasteiger partial charge is 0.493 e. The molecule has 128 valence electrons. The molecular weight excluding hydrogens is 330 g/mol. The van der Waals surface area contributed by atoms with Gasteiger partial charge in [-0.25, -0.2) is 0 Å². The molecule has 2 heterocycles. The van der Waals surface area contributed by atoms with Gasteiger partial charge in [-0.2, -0.15) is 16.7 Å². The summed E-state index contributed by atoms with van der Waals surface area (Å²) in [5.41, 5.74) is 0.973. The fraction of sp³-hybridized carbons (Fsp3) is 0.438. The number of aromatic nitrogens is 2. The van der Waals surface area contributed by atoms with Crippen molar-refractivity contribution in [3.8, 4) is 11.5 Å². The third-order valence-electron chi connectivity index (χ3n) is 3.74. The number of thioether (sulfide) groups is 1. The number of nitrogens with zero attached hydrogens (tertiary/aromatic N) is 2. The van der Waals surface area contributed by atoms with Gasteiger partial charge in [-0.15, -0.1) is 0 Å². The predicted molar refractivity (Wildman–Crippen MR) is 89.0 cm³/mol. The van der Waals surface area contributed by atoms with Crippen molar-refractivity contribution in [1.29, 1.82) is 0 Å². The molecule has 1 aliphatic heterocycles. The number of carbonyl (C=O) groups is 1. The summed E-state index contributed by atoms with van der Waals surface area (Å²) >= 11 is 1.61. The smallest absolute Gasteiger partial charge is 0.246 e. The number of nitrogens with one attached hydrogen (secondary N) is 1.